The number of hydrogen-bond donors (Lipinski definition) is 1. The zero-order valence-electron chi connectivity index (χ0n) is 18.8. The molecule has 3 rings (SSSR count). The average molecular weight is 465 g/mol. The lowest BCUT2D eigenvalue weighted by Gasteiger charge is -2.32. The molecular weight excluding hydrogens is 436 g/mol. The maximum Gasteiger partial charge on any atom is 0.410 e. The van der Waals surface area contributed by atoms with Crippen molar-refractivity contribution in [1.82, 2.24) is 4.90 Å². The number of oxime groups is 1. The maximum atomic E-state index is 14.5. The van der Waals surface area contributed by atoms with E-state index < -0.39 is 17.6 Å². The number of aliphatic carboxylic acids is 1. The maximum absolute atomic E-state index is 14.5. The van der Waals surface area contributed by atoms with Gasteiger partial charge in [0.25, 0.3) is 0 Å². The molecule has 10 heteroatoms. The molecule has 1 N–H and O–H groups in total. The number of benzene rings is 1. The number of hydrogen-bond acceptors (Lipinski definition) is 6. The molecule has 0 aliphatic carbocycles. The van der Waals surface area contributed by atoms with Gasteiger partial charge in [-0.1, -0.05) is 5.16 Å². The summed E-state index contributed by atoms with van der Waals surface area (Å²) in [6.07, 6.45) is 3.71. The van der Waals surface area contributed by atoms with Gasteiger partial charge in [0.15, 0.2) is 0 Å². The highest BCUT2D eigenvalue weighted by molar-refractivity contribution is 5.86. The summed E-state index contributed by atoms with van der Waals surface area (Å²) in [7, 11) is 0. The minimum atomic E-state index is -1.23. The number of rotatable bonds is 6. The number of carboxylic acids is 1. The van der Waals surface area contributed by atoms with E-state index in [2.05, 4.69) is 5.16 Å². The Bertz CT molecular complexity index is 917. The van der Waals surface area contributed by atoms with Crippen LogP contribution in [0.4, 0.5) is 19.3 Å². The van der Waals surface area contributed by atoms with Crippen LogP contribution in [-0.2, 0) is 14.4 Å². The minimum absolute atomic E-state index is 0.0726. The molecule has 180 valence electrons. The molecule has 0 atom stereocenters. The fraction of sp³-hybridized carbons (Fsp3) is 0.522. The van der Waals surface area contributed by atoms with Gasteiger partial charge in [-0.3, -0.25) is 0 Å². The summed E-state index contributed by atoms with van der Waals surface area (Å²) >= 11 is 0. The molecule has 2 fully saturated rings. The van der Waals surface area contributed by atoms with Crippen LogP contribution in [0.5, 0.6) is 0 Å². The second-order valence-electron chi connectivity index (χ2n) is 8.37. The van der Waals surface area contributed by atoms with Crippen molar-refractivity contribution < 1.29 is 33.1 Å². The third kappa shape index (κ3) is 6.90. The SMILES string of the molecule is CC(C)OC(=O)N1CCC(ON=C2CCN(c3cc(F)c(/C=C/C(=O)O)cc3F)CC2)CC1. The Kier molecular flexibility index (Phi) is 8.24. The zero-order chi connectivity index (χ0) is 24.0. The average Bonchev–Trinajstić information content (AvgIpc) is 2.78. The number of anilines is 1. The lowest BCUT2D eigenvalue weighted by atomic mass is 10.1. The molecule has 1 amide bonds. The van der Waals surface area contributed by atoms with Crippen LogP contribution in [-0.4, -0.2) is 66.2 Å². The minimum Gasteiger partial charge on any atom is -0.478 e. The fourth-order valence-electron chi connectivity index (χ4n) is 3.75. The molecule has 8 nitrogen and oxygen atoms in total. The molecule has 2 aliphatic heterocycles. The van der Waals surface area contributed by atoms with Gasteiger partial charge in [0.05, 0.1) is 17.5 Å². The Morgan fingerprint density at radius 3 is 2.39 bits per heavy atom. The molecule has 0 aromatic heterocycles. The monoisotopic (exact) mass is 465 g/mol. The molecule has 33 heavy (non-hydrogen) atoms. The van der Waals surface area contributed by atoms with E-state index in [1.807, 2.05) is 13.8 Å². The molecular formula is C23H29F2N3O5. The number of amides is 1. The van der Waals surface area contributed by atoms with Crippen LogP contribution < -0.4 is 4.90 Å². The molecule has 0 unspecified atom stereocenters. The van der Waals surface area contributed by atoms with Gasteiger partial charge in [0.1, 0.15) is 17.7 Å². The van der Waals surface area contributed by atoms with E-state index in [9.17, 15) is 18.4 Å². The predicted molar refractivity (Wildman–Crippen MR) is 119 cm³/mol. The number of carbonyl (C=O) groups excluding carboxylic acids is 1. The van der Waals surface area contributed by atoms with Crippen molar-refractivity contribution in [3.05, 3.63) is 35.4 Å². The zero-order valence-corrected chi connectivity index (χ0v) is 18.8. The summed E-state index contributed by atoms with van der Waals surface area (Å²) in [5.74, 6) is -2.53. The van der Waals surface area contributed by atoms with E-state index in [1.54, 1.807) is 9.80 Å². The first-order valence-corrected chi connectivity index (χ1v) is 11.0. The first-order chi connectivity index (χ1) is 15.7. The van der Waals surface area contributed by atoms with Crippen LogP contribution in [0.3, 0.4) is 0 Å². The van der Waals surface area contributed by atoms with Crippen molar-refractivity contribution in [3.63, 3.8) is 0 Å². The summed E-state index contributed by atoms with van der Waals surface area (Å²) in [4.78, 5) is 31.6. The standard InChI is InChI=1S/C23H29F2N3O5/c1-15(2)32-23(31)28-11-7-18(8-12-28)33-26-17-5-9-27(10-6-17)21-14-19(24)16(13-20(21)25)3-4-22(29)30/h3-4,13-15,18H,5-12H2,1-2H3,(H,29,30)/b4-3+. The summed E-state index contributed by atoms with van der Waals surface area (Å²) in [6.45, 7) is 5.66. The number of piperidine rings is 2. The van der Waals surface area contributed by atoms with Crippen molar-refractivity contribution in [3.8, 4) is 0 Å². The smallest absolute Gasteiger partial charge is 0.410 e. The second kappa shape index (κ2) is 11.1. The largest absolute Gasteiger partial charge is 0.478 e. The van der Waals surface area contributed by atoms with Crippen molar-refractivity contribution in [1.29, 1.82) is 0 Å². The van der Waals surface area contributed by atoms with Gasteiger partial charge >= 0.3 is 12.1 Å². The van der Waals surface area contributed by atoms with Gasteiger partial charge in [-0.2, -0.15) is 0 Å². The number of halogens is 2. The highest BCUT2D eigenvalue weighted by Gasteiger charge is 2.26. The first kappa shape index (κ1) is 24.5. The van der Waals surface area contributed by atoms with Crippen molar-refractivity contribution in [2.75, 3.05) is 31.1 Å². The fourth-order valence-corrected chi connectivity index (χ4v) is 3.75. The number of nitrogens with zero attached hydrogens (tertiary/aromatic N) is 3. The topological polar surface area (TPSA) is 91.7 Å². The third-order valence-corrected chi connectivity index (χ3v) is 5.52. The number of carbonyl (C=O) groups is 2. The van der Waals surface area contributed by atoms with Crippen LogP contribution in [0, 0.1) is 11.6 Å². The molecule has 1 aromatic carbocycles. The highest BCUT2D eigenvalue weighted by Crippen LogP contribution is 2.26. The van der Waals surface area contributed by atoms with E-state index in [0.717, 1.165) is 30.0 Å². The third-order valence-electron chi connectivity index (χ3n) is 5.52. The van der Waals surface area contributed by atoms with Gasteiger partial charge in [-0.25, -0.2) is 18.4 Å². The van der Waals surface area contributed by atoms with Gasteiger partial charge < -0.3 is 24.5 Å². The molecule has 0 radical (unpaired) electrons. The molecule has 0 bridgehead atoms. The Balaban J connectivity index is 1.49. The Morgan fingerprint density at radius 1 is 1.12 bits per heavy atom. The molecule has 1 aromatic rings. The van der Waals surface area contributed by atoms with Crippen molar-refractivity contribution in [2.45, 2.75) is 51.7 Å². The van der Waals surface area contributed by atoms with Gasteiger partial charge in [-0.05, 0) is 26.0 Å². The van der Waals surface area contributed by atoms with Gasteiger partial charge in [0.2, 0.25) is 0 Å². The van der Waals surface area contributed by atoms with Crippen LogP contribution in [0.2, 0.25) is 0 Å². The Hall–Kier alpha value is -3.17. The lowest BCUT2D eigenvalue weighted by Crippen LogP contribution is -2.41. The highest BCUT2D eigenvalue weighted by atomic mass is 19.1. The van der Waals surface area contributed by atoms with Gasteiger partial charge in [-0.15, -0.1) is 0 Å². The predicted octanol–water partition coefficient (Wildman–Crippen LogP) is 4.04. The quantitative estimate of drug-likeness (QED) is 0.504. The molecule has 2 aliphatic rings. The van der Waals surface area contributed by atoms with E-state index in [1.165, 1.54) is 0 Å². The van der Waals surface area contributed by atoms with Crippen LogP contribution >= 0.6 is 0 Å². The van der Waals surface area contributed by atoms with Crippen LogP contribution in [0.25, 0.3) is 6.08 Å². The van der Waals surface area contributed by atoms with Gasteiger partial charge in [0, 0.05) is 69.6 Å². The number of carboxylic acid groups (broad SMARTS) is 1. The van der Waals surface area contributed by atoms with Crippen molar-refractivity contribution >= 4 is 29.5 Å². The van der Waals surface area contributed by atoms with Crippen LogP contribution in [0.1, 0.15) is 45.1 Å². The summed E-state index contributed by atoms with van der Waals surface area (Å²) in [5.41, 5.74) is 0.880. The molecule has 0 spiro atoms. The summed E-state index contributed by atoms with van der Waals surface area (Å²) in [5, 5.41) is 12.9. The molecule has 0 saturated carbocycles. The molecule has 2 heterocycles. The van der Waals surface area contributed by atoms with Crippen molar-refractivity contribution in [2.24, 2.45) is 5.16 Å². The van der Waals surface area contributed by atoms with E-state index >= 15 is 0 Å². The molecule has 2 saturated heterocycles. The van der Waals surface area contributed by atoms with Crippen LogP contribution in [0.15, 0.2) is 23.4 Å². The number of ether oxygens (including phenoxy) is 1. The normalized spacial score (nSPS) is 17.5. The summed E-state index contributed by atoms with van der Waals surface area (Å²) < 4.78 is 34.0. The van der Waals surface area contributed by atoms with E-state index in [0.29, 0.717) is 51.9 Å². The first-order valence-electron chi connectivity index (χ1n) is 11.0. The van der Waals surface area contributed by atoms with E-state index in [-0.39, 0.29) is 29.6 Å². The summed E-state index contributed by atoms with van der Waals surface area (Å²) in [6, 6.07) is 2.09. The Morgan fingerprint density at radius 2 is 1.79 bits per heavy atom. The number of likely N-dealkylation sites (tertiary alicyclic amines) is 1. The Labute approximate surface area is 191 Å². The van der Waals surface area contributed by atoms with E-state index in [4.69, 9.17) is 14.7 Å². The lowest BCUT2D eigenvalue weighted by molar-refractivity contribution is -0.131. The second-order valence-corrected chi connectivity index (χ2v) is 8.37.